The summed E-state index contributed by atoms with van der Waals surface area (Å²) in [6.07, 6.45) is 0.899. The van der Waals surface area contributed by atoms with Crippen LogP contribution in [0.2, 0.25) is 0 Å². The highest BCUT2D eigenvalue weighted by molar-refractivity contribution is 9.10. The molecule has 1 unspecified atom stereocenters. The van der Waals surface area contributed by atoms with Crippen molar-refractivity contribution in [2.75, 3.05) is 0 Å². The van der Waals surface area contributed by atoms with E-state index in [1.165, 1.54) is 0 Å². The van der Waals surface area contributed by atoms with E-state index >= 15 is 0 Å². The van der Waals surface area contributed by atoms with Gasteiger partial charge in [-0.3, -0.25) is 4.40 Å². The minimum absolute atomic E-state index is 0.0328. The molecule has 0 saturated heterocycles. The minimum atomic E-state index is -0.0328. The van der Waals surface area contributed by atoms with Crippen LogP contribution in [0.5, 0.6) is 0 Å². The summed E-state index contributed by atoms with van der Waals surface area (Å²) in [7, 11) is 0. The van der Waals surface area contributed by atoms with Crippen molar-refractivity contribution in [3.8, 4) is 0 Å². The number of nitrogens with zero attached hydrogens (tertiary/aromatic N) is 2. The highest BCUT2D eigenvalue weighted by Crippen LogP contribution is 2.23. The summed E-state index contributed by atoms with van der Waals surface area (Å²) in [6, 6.07) is 6.04. The lowest BCUT2D eigenvalue weighted by molar-refractivity contribution is 0.787. The van der Waals surface area contributed by atoms with Crippen molar-refractivity contribution in [3.63, 3.8) is 0 Å². The number of aromatic nitrogens is 2. The normalized spacial score (nSPS) is 13.3. The van der Waals surface area contributed by atoms with Crippen molar-refractivity contribution in [2.45, 2.75) is 26.3 Å². The summed E-state index contributed by atoms with van der Waals surface area (Å²) in [5.41, 5.74) is 7.97. The van der Waals surface area contributed by atoms with Gasteiger partial charge in [0.05, 0.1) is 15.8 Å². The van der Waals surface area contributed by atoms with E-state index in [-0.39, 0.29) is 6.04 Å². The second kappa shape index (κ2) is 3.94. The molecule has 15 heavy (non-hydrogen) atoms. The molecule has 2 N–H and O–H groups in total. The second-order valence-corrected chi connectivity index (χ2v) is 4.44. The molecule has 2 heterocycles. The molecule has 0 spiro atoms. The predicted octanol–water partition coefficient (Wildman–Crippen LogP) is 2.68. The molecule has 3 nitrogen and oxygen atoms in total. The summed E-state index contributed by atoms with van der Waals surface area (Å²) < 4.78 is 3.13. The first-order chi connectivity index (χ1) is 7.15. The lowest BCUT2D eigenvalue weighted by atomic mass is 10.2. The van der Waals surface area contributed by atoms with Crippen molar-refractivity contribution in [1.29, 1.82) is 0 Å². The fourth-order valence-corrected chi connectivity index (χ4v) is 2.31. The van der Waals surface area contributed by atoms with Gasteiger partial charge in [0.15, 0.2) is 0 Å². The zero-order valence-corrected chi connectivity index (χ0v) is 10.5. The van der Waals surface area contributed by atoms with Crippen molar-refractivity contribution < 1.29 is 0 Å². The van der Waals surface area contributed by atoms with Crippen LogP contribution in [0.4, 0.5) is 0 Å². The van der Waals surface area contributed by atoms with Crippen molar-refractivity contribution in [3.05, 3.63) is 34.3 Å². The minimum Gasteiger partial charge on any atom is -0.323 e. The Balaban J connectivity index is 2.81. The number of aryl methyl sites for hydroxylation is 1. The van der Waals surface area contributed by atoms with E-state index in [2.05, 4.69) is 38.3 Å². The molecule has 0 saturated carbocycles. The van der Waals surface area contributed by atoms with E-state index in [0.717, 1.165) is 28.1 Å². The van der Waals surface area contributed by atoms with Gasteiger partial charge in [-0.05, 0) is 35.0 Å². The molecule has 4 heteroatoms. The van der Waals surface area contributed by atoms with Crippen LogP contribution in [0.1, 0.15) is 31.4 Å². The average Bonchev–Trinajstić information content (AvgIpc) is 2.58. The van der Waals surface area contributed by atoms with Crippen molar-refractivity contribution in [2.24, 2.45) is 5.73 Å². The molecular weight excluding hydrogens is 254 g/mol. The third-order valence-electron chi connectivity index (χ3n) is 2.46. The van der Waals surface area contributed by atoms with Gasteiger partial charge in [0.2, 0.25) is 0 Å². The highest BCUT2D eigenvalue weighted by Gasteiger charge is 2.13. The van der Waals surface area contributed by atoms with Gasteiger partial charge >= 0.3 is 0 Å². The first-order valence-electron chi connectivity index (χ1n) is 5.06. The van der Waals surface area contributed by atoms with Crippen LogP contribution in [0, 0.1) is 0 Å². The third-order valence-corrected chi connectivity index (χ3v) is 3.08. The molecule has 1 atom stereocenters. The molecule has 2 aromatic heterocycles. The Labute approximate surface area is 97.4 Å². The molecule has 0 aromatic carbocycles. The van der Waals surface area contributed by atoms with Gasteiger partial charge in [-0.1, -0.05) is 13.0 Å². The van der Waals surface area contributed by atoms with Gasteiger partial charge in [-0.15, -0.1) is 0 Å². The van der Waals surface area contributed by atoms with E-state index in [1.807, 2.05) is 19.1 Å². The molecule has 2 rings (SSSR count). The standard InChI is InChI=1S/C11H14BrN3/c1-3-10-14-11(7(2)13)8-5-4-6-9(12)15(8)10/h4-7H,3,13H2,1-2H3. The van der Waals surface area contributed by atoms with E-state index < -0.39 is 0 Å². The molecule has 0 radical (unpaired) electrons. The Morgan fingerprint density at radius 1 is 1.53 bits per heavy atom. The molecule has 0 aliphatic heterocycles. The molecule has 80 valence electrons. The number of imidazole rings is 1. The lowest BCUT2D eigenvalue weighted by Gasteiger charge is -2.03. The smallest absolute Gasteiger partial charge is 0.114 e. The highest BCUT2D eigenvalue weighted by atomic mass is 79.9. The molecule has 0 bridgehead atoms. The fraction of sp³-hybridized carbons (Fsp3) is 0.364. The quantitative estimate of drug-likeness (QED) is 0.851. The molecule has 0 amide bonds. The van der Waals surface area contributed by atoms with Crippen LogP contribution in [-0.2, 0) is 6.42 Å². The maximum atomic E-state index is 5.91. The average molecular weight is 268 g/mol. The summed E-state index contributed by atoms with van der Waals surface area (Å²) in [4.78, 5) is 4.58. The maximum Gasteiger partial charge on any atom is 0.114 e. The predicted molar refractivity (Wildman–Crippen MR) is 64.9 cm³/mol. The summed E-state index contributed by atoms with van der Waals surface area (Å²) >= 11 is 3.53. The van der Waals surface area contributed by atoms with Gasteiger partial charge in [-0.25, -0.2) is 4.98 Å². The number of hydrogen-bond acceptors (Lipinski definition) is 2. The Morgan fingerprint density at radius 3 is 2.87 bits per heavy atom. The Kier molecular flexibility index (Phi) is 2.80. The van der Waals surface area contributed by atoms with Gasteiger partial charge in [0.1, 0.15) is 5.82 Å². The SMILES string of the molecule is CCc1nc(C(C)N)c2cccc(Br)n12. The monoisotopic (exact) mass is 267 g/mol. The molecule has 0 aliphatic carbocycles. The topological polar surface area (TPSA) is 43.3 Å². The third kappa shape index (κ3) is 1.68. The number of pyridine rings is 1. The maximum absolute atomic E-state index is 5.91. The van der Waals surface area contributed by atoms with E-state index in [0.29, 0.717) is 0 Å². The number of hydrogen-bond donors (Lipinski definition) is 1. The Hall–Kier alpha value is -0.870. The number of fused-ring (bicyclic) bond motifs is 1. The Bertz CT molecular complexity index is 488. The van der Waals surface area contributed by atoms with Crippen molar-refractivity contribution >= 4 is 21.4 Å². The number of halogens is 1. The summed E-state index contributed by atoms with van der Waals surface area (Å²) in [5, 5.41) is 0. The second-order valence-electron chi connectivity index (χ2n) is 3.62. The molecule has 2 aromatic rings. The van der Waals surface area contributed by atoms with Crippen LogP contribution < -0.4 is 5.73 Å². The van der Waals surface area contributed by atoms with E-state index in [4.69, 9.17) is 5.73 Å². The Morgan fingerprint density at radius 2 is 2.27 bits per heavy atom. The van der Waals surface area contributed by atoms with Crippen LogP contribution in [0.25, 0.3) is 5.52 Å². The van der Waals surface area contributed by atoms with Gasteiger partial charge in [0.25, 0.3) is 0 Å². The largest absolute Gasteiger partial charge is 0.323 e. The fourth-order valence-electron chi connectivity index (χ4n) is 1.76. The molecular formula is C11H14BrN3. The van der Waals surface area contributed by atoms with Crippen LogP contribution in [-0.4, -0.2) is 9.38 Å². The number of rotatable bonds is 2. The molecule has 0 aliphatic rings. The molecule has 0 fully saturated rings. The van der Waals surface area contributed by atoms with E-state index in [9.17, 15) is 0 Å². The number of nitrogens with two attached hydrogens (primary N) is 1. The van der Waals surface area contributed by atoms with Gasteiger partial charge < -0.3 is 5.73 Å². The summed E-state index contributed by atoms with van der Waals surface area (Å²) in [5.74, 6) is 1.05. The zero-order chi connectivity index (χ0) is 11.0. The summed E-state index contributed by atoms with van der Waals surface area (Å²) in [6.45, 7) is 4.06. The van der Waals surface area contributed by atoms with Gasteiger partial charge in [0, 0.05) is 12.5 Å². The lowest BCUT2D eigenvalue weighted by Crippen LogP contribution is -2.05. The first-order valence-corrected chi connectivity index (χ1v) is 5.85. The van der Waals surface area contributed by atoms with Crippen LogP contribution in [0.15, 0.2) is 22.8 Å². The van der Waals surface area contributed by atoms with Crippen molar-refractivity contribution in [1.82, 2.24) is 9.38 Å². The van der Waals surface area contributed by atoms with Gasteiger partial charge in [-0.2, -0.15) is 0 Å². The van der Waals surface area contributed by atoms with Crippen LogP contribution >= 0.6 is 15.9 Å². The van der Waals surface area contributed by atoms with Crippen LogP contribution in [0.3, 0.4) is 0 Å². The van der Waals surface area contributed by atoms with E-state index in [1.54, 1.807) is 0 Å². The zero-order valence-electron chi connectivity index (χ0n) is 8.87. The first kappa shape index (κ1) is 10.6.